The van der Waals surface area contributed by atoms with Crippen molar-refractivity contribution < 1.29 is 0 Å². The maximum Gasteiger partial charge on any atom is 0.0701 e. The Balaban J connectivity index is 2.50. The third kappa shape index (κ3) is 2.88. The van der Waals surface area contributed by atoms with E-state index in [4.69, 9.17) is 0 Å². The molecule has 1 heterocycles. The van der Waals surface area contributed by atoms with Gasteiger partial charge in [0.2, 0.25) is 0 Å². The summed E-state index contributed by atoms with van der Waals surface area (Å²) in [5, 5.41) is 2.21. The van der Waals surface area contributed by atoms with E-state index >= 15 is 0 Å². The van der Waals surface area contributed by atoms with Gasteiger partial charge in [0.1, 0.15) is 0 Å². The number of thiophene rings is 1. The molecule has 0 aliphatic rings. The number of halogens is 1. The highest BCUT2D eigenvalue weighted by Crippen LogP contribution is 2.21. The fourth-order valence-electron chi connectivity index (χ4n) is 1.13. The fraction of sp³-hybridized carbons (Fsp3) is 0.556. The molecule has 1 rings (SSSR count). The Morgan fingerprint density at radius 2 is 2.08 bits per heavy atom. The van der Waals surface area contributed by atoms with Crippen LogP contribution in [0.3, 0.4) is 0 Å². The number of hydrogen-bond donors (Lipinski definition) is 0. The molecule has 12 heavy (non-hydrogen) atoms. The van der Waals surface area contributed by atoms with Crippen LogP contribution in [0.15, 0.2) is 15.2 Å². The Hall–Kier alpha value is 0.140. The van der Waals surface area contributed by atoms with Gasteiger partial charge in [0.05, 0.1) is 3.79 Å². The summed E-state index contributed by atoms with van der Waals surface area (Å²) in [6.07, 6.45) is 0. The Morgan fingerprint density at radius 3 is 2.50 bits per heavy atom. The van der Waals surface area contributed by atoms with Crippen LogP contribution in [-0.2, 0) is 6.54 Å². The van der Waals surface area contributed by atoms with E-state index in [0.29, 0.717) is 0 Å². The average Bonchev–Trinajstić information content (AvgIpc) is 2.47. The lowest BCUT2D eigenvalue weighted by Gasteiger charge is -2.16. The van der Waals surface area contributed by atoms with Crippen LogP contribution >= 0.6 is 27.3 Å². The number of hydrogen-bond acceptors (Lipinski definition) is 2. The zero-order valence-electron chi connectivity index (χ0n) is 7.51. The lowest BCUT2D eigenvalue weighted by atomic mass is 10.3. The highest BCUT2D eigenvalue weighted by atomic mass is 79.9. The van der Waals surface area contributed by atoms with Gasteiger partial charge >= 0.3 is 0 Å². The molecule has 0 saturated carbocycles. The topological polar surface area (TPSA) is 3.24 Å². The van der Waals surface area contributed by atoms with Crippen molar-refractivity contribution >= 4 is 27.3 Å². The molecule has 0 aliphatic carbocycles. The van der Waals surface area contributed by atoms with Gasteiger partial charge in [-0.2, -0.15) is 0 Å². The van der Waals surface area contributed by atoms with Crippen molar-refractivity contribution in [1.29, 1.82) is 0 Å². The lowest BCUT2D eigenvalue weighted by molar-refractivity contribution is 0.296. The first-order valence-corrected chi connectivity index (χ1v) is 5.88. The van der Waals surface area contributed by atoms with Crippen molar-refractivity contribution in [2.24, 2.45) is 0 Å². The maximum atomic E-state index is 3.47. The normalized spacial score (nSPS) is 11.0. The first-order valence-electron chi connectivity index (χ1n) is 4.21. The first-order chi connectivity index (χ1) is 5.76. The molecule has 0 radical (unpaired) electrons. The van der Waals surface area contributed by atoms with Crippen molar-refractivity contribution in [3.8, 4) is 0 Å². The fourth-order valence-corrected chi connectivity index (χ4v) is 2.33. The smallest absolute Gasteiger partial charge is 0.0701 e. The van der Waals surface area contributed by atoms with Gasteiger partial charge in [-0.05, 0) is 46.0 Å². The minimum absolute atomic E-state index is 1.08. The van der Waals surface area contributed by atoms with Gasteiger partial charge in [0, 0.05) is 6.54 Å². The van der Waals surface area contributed by atoms with E-state index < -0.39 is 0 Å². The zero-order chi connectivity index (χ0) is 8.97. The predicted molar refractivity (Wildman–Crippen MR) is 58.6 cm³/mol. The Labute approximate surface area is 86.5 Å². The van der Waals surface area contributed by atoms with E-state index in [-0.39, 0.29) is 0 Å². The summed E-state index contributed by atoms with van der Waals surface area (Å²) < 4.78 is 1.23. The van der Waals surface area contributed by atoms with E-state index in [1.165, 1.54) is 9.35 Å². The second-order valence-electron chi connectivity index (χ2n) is 2.72. The molecule has 1 aromatic rings. The van der Waals surface area contributed by atoms with Gasteiger partial charge in [0.15, 0.2) is 0 Å². The van der Waals surface area contributed by atoms with Gasteiger partial charge < -0.3 is 0 Å². The number of nitrogens with zero attached hydrogens (tertiary/aromatic N) is 1. The Bertz CT molecular complexity index is 230. The molecule has 0 atom stereocenters. The van der Waals surface area contributed by atoms with Crippen molar-refractivity contribution in [3.63, 3.8) is 0 Å². The minimum Gasteiger partial charge on any atom is -0.300 e. The van der Waals surface area contributed by atoms with Crippen LogP contribution in [0.4, 0.5) is 0 Å². The van der Waals surface area contributed by atoms with Crippen LogP contribution in [0, 0.1) is 0 Å². The highest BCUT2D eigenvalue weighted by molar-refractivity contribution is 9.11. The summed E-state index contributed by atoms with van der Waals surface area (Å²) in [6, 6.07) is 2.20. The predicted octanol–water partition coefficient (Wildman–Crippen LogP) is 3.35. The van der Waals surface area contributed by atoms with Crippen LogP contribution in [0.5, 0.6) is 0 Å². The van der Waals surface area contributed by atoms with E-state index in [9.17, 15) is 0 Å². The standard InChI is InChI=1S/C9H14BrNS/c1-3-11(4-2)6-8-5-9(10)12-7-8/h5,7H,3-4,6H2,1-2H3. The monoisotopic (exact) mass is 247 g/mol. The van der Waals surface area contributed by atoms with E-state index in [0.717, 1.165) is 19.6 Å². The molecule has 0 amide bonds. The summed E-state index contributed by atoms with van der Waals surface area (Å²) in [7, 11) is 0. The molecule has 0 unspecified atom stereocenters. The van der Waals surface area contributed by atoms with Crippen LogP contribution in [-0.4, -0.2) is 18.0 Å². The third-order valence-corrected chi connectivity index (χ3v) is 3.48. The van der Waals surface area contributed by atoms with Crippen molar-refractivity contribution in [1.82, 2.24) is 4.90 Å². The second-order valence-corrected chi connectivity index (χ2v) is 5.01. The minimum atomic E-state index is 1.08. The molecule has 0 saturated heterocycles. The van der Waals surface area contributed by atoms with Crippen LogP contribution in [0.25, 0.3) is 0 Å². The van der Waals surface area contributed by atoms with Crippen LogP contribution in [0.1, 0.15) is 19.4 Å². The molecule has 0 aliphatic heterocycles. The molecular formula is C9H14BrNS. The summed E-state index contributed by atoms with van der Waals surface area (Å²) >= 11 is 5.22. The van der Waals surface area contributed by atoms with Crippen molar-refractivity contribution in [2.45, 2.75) is 20.4 Å². The molecule has 0 aromatic carbocycles. The summed E-state index contributed by atoms with van der Waals surface area (Å²) in [5.41, 5.74) is 1.41. The van der Waals surface area contributed by atoms with Gasteiger partial charge in [-0.25, -0.2) is 0 Å². The zero-order valence-corrected chi connectivity index (χ0v) is 9.91. The van der Waals surface area contributed by atoms with Gasteiger partial charge in [-0.3, -0.25) is 4.90 Å². The Morgan fingerprint density at radius 1 is 1.42 bits per heavy atom. The Kier molecular flexibility index (Phi) is 4.26. The van der Waals surface area contributed by atoms with Gasteiger partial charge in [-0.1, -0.05) is 13.8 Å². The summed E-state index contributed by atoms with van der Waals surface area (Å²) in [4.78, 5) is 2.41. The summed E-state index contributed by atoms with van der Waals surface area (Å²) in [5.74, 6) is 0. The molecule has 0 bridgehead atoms. The average molecular weight is 248 g/mol. The highest BCUT2D eigenvalue weighted by Gasteiger charge is 2.02. The SMILES string of the molecule is CCN(CC)Cc1csc(Br)c1. The van der Waals surface area contributed by atoms with E-state index in [2.05, 4.69) is 46.1 Å². The largest absolute Gasteiger partial charge is 0.300 e. The molecule has 0 fully saturated rings. The quantitative estimate of drug-likeness (QED) is 0.789. The van der Waals surface area contributed by atoms with Crippen LogP contribution < -0.4 is 0 Å². The molecule has 3 heteroatoms. The maximum absolute atomic E-state index is 3.47. The molecule has 68 valence electrons. The second kappa shape index (κ2) is 5.00. The van der Waals surface area contributed by atoms with Gasteiger partial charge in [0.25, 0.3) is 0 Å². The number of rotatable bonds is 4. The van der Waals surface area contributed by atoms with Gasteiger partial charge in [-0.15, -0.1) is 11.3 Å². The van der Waals surface area contributed by atoms with Crippen molar-refractivity contribution in [2.75, 3.05) is 13.1 Å². The molecule has 0 N–H and O–H groups in total. The molecular weight excluding hydrogens is 234 g/mol. The molecule has 0 spiro atoms. The van der Waals surface area contributed by atoms with E-state index in [1.54, 1.807) is 11.3 Å². The molecule has 1 nitrogen and oxygen atoms in total. The van der Waals surface area contributed by atoms with Crippen LogP contribution in [0.2, 0.25) is 0 Å². The van der Waals surface area contributed by atoms with E-state index in [1.807, 2.05) is 0 Å². The van der Waals surface area contributed by atoms with Crippen molar-refractivity contribution in [3.05, 3.63) is 20.8 Å². The third-order valence-electron chi connectivity index (χ3n) is 1.92. The molecule has 1 aromatic heterocycles. The summed E-state index contributed by atoms with van der Waals surface area (Å²) in [6.45, 7) is 7.73. The first kappa shape index (κ1) is 10.2. The lowest BCUT2D eigenvalue weighted by Crippen LogP contribution is -2.21.